The van der Waals surface area contributed by atoms with Crippen molar-refractivity contribution in [2.24, 2.45) is 0 Å². The average Bonchev–Trinajstić information content (AvgIpc) is 3.21. The molecule has 26 heavy (non-hydrogen) atoms. The van der Waals surface area contributed by atoms with E-state index in [1.54, 1.807) is 0 Å². The molecule has 0 radical (unpaired) electrons. The summed E-state index contributed by atoms with van der Waals surface area (Å²) in [4.78, 5) is 0. The minimum absolute atomic E-state index is 0.607. The van der Waals surface area contributed by atoms with Crippen molar-refractivity contribution < 1.29 is 9.47 Å². The van der Waals surface area contributed by atoms with Crippen LogP contribution >= 0.6 is 0 Å². The monoisotopic (exact) mass is 349 g/mol. The second kappa shape index (κ2) is 7.12. The molecule has 0 saturated carbocycles. The minimum atomic E-state index is 0.607. The van der Waals surface area contributed by atoms with Gasteiger partial charge in [-0.05, 0) is 37.1 Å². The summed E-state index contributed by atoms with van der Waals surface area (Å²) in [5.41, 5.74) is 5.79. The van der Waals surface area contributed by atoms with Crippen molar-refractivity contribution in [2.75, 3.05) is 18.5 Å². The van der Waals surface area contributed by atoms with E-state index in [1.807, 2.05) is 19.9 Å². The Balaban J connectivity index is 1.60. The van der Waals surface area contributed by atoms with E-state index in [4.69, 9.17) is 9.47 Å². The van der Waals surface area contributed by atoms with Crippen LogP contribution in [0.15, 0.2) is 42.5 Å². The summed E-state index contributed by atoms with van der Waals surface area (Å²) in [5.74, 6) is 2.57. The fourth-order valence-corrected chi connectivity index (χ4v) is 3.39. The predicted molar refractivity (Wildman–Crippen MR) is 103 cm³/mol. The molecule has 5 heteroatoms. The largest absolute Gasteiger partial charge is 0.490 e. The summed E-state index contributed by atoms with van der Waals surface area (Å²) < 4.78 is 11.5. The van der Waals surface area contributed by atoms with Crippen molar-refractivity contribution >= 4 is 5.82 Å². The highest BCUT2D eigenvalue weighted by atomic mass is 16.5. The third-order valence-corrected chi connectivity index (χ3v) is 4.57. The molecule has 5 nitrogen and oxygen atoms in total. The molecule has 0 fully saturated rings. The third-order valence-electron chi connectivity index (χ3n) is 4.57. The van der Waals surface area contributed by atoms with Crippen LogP contribution in [0.3, 0.4) is 0 Å². The van der Waals surface area contributed by atoms with Gasteiger partial charge >= 0.3 is 0 Å². The Hall–Kier alpha value is -2.95. The Kier molecular flexibility index (Phi) is 4.52. The lowest BCUT2D eigenvalue weighted by atomic mass is 10.1. The van der Waals surface area contributed by atoms with E-state index in [1.165, 1.54) is 16.7 Å². The van der Waals surface area contributed by atoms with E-state index in [0.717, 1.165) is 41.5 Å². The van der Waals surface area contributed by atoms with Crippen molar-refractivity contribution in [3.63, 3.8) is 0 Å². The van der Waals surface area contributed by atoms with Gasteiger partial charge in [0.25, 0.3) is 0 Å². The summed E-state index contributed by atoms with van der Waals surface area (Å²) in [7, 11) is 0. The Morgan fingerprint density at radius 3 is 2.50 bits per heavy atom. The van der Waals surface area contributed by atoms with Gasteiger partial charge in [0.15, 0.2) is 11.5 Å². The molecule has 0 unspecified atom stereocenters. The SMILES string of the molecule is CCOc1cc2c(cc1OCC)-c1n[nH]c(NCc3ccccc3)c1C2. The van der Waals surface area contributed by atoms with Gasteiger partial charge in [-0.2, -0.15) is 5.10 Å². The average molecular weight is 349 g/mol. The number of nitrogens with zero attached hydrogens (tertiary/aromatic N) is 1. The molecule has 2 N–H and O–H groups in total. The summed E-state index contributed by atoms with van der Waals surface area (Å²) in [6.07, 6.45) is 0.838. The lowest BCUT2D eigenvalue weighted by Crippen LogP contribution is -2.02. The number of aromatic amines is 1. The maximum absolute atomic E-state index is 5.76. The molecule has 0 bridgehead atoms. The molecule has 1 aliphatic carbocycles. The molecular weight excluding hydrogens is 326 g/mol. The van der Waals surface area contributed by atoms with Crippen LogP contribution in [0.1, 0.15) is 30.5 Å². The number of benzene rings is 2. The van der Waals surface area contributed by atoms with Crippen LogP contribution in [-0.2, 0) is 13.0 Å². The van der Waals surface area contributed by atoms with Crippen LogP contribution in [0.5, 0.6) is 11.5 Å². The highest BCUT2D eigenvalue weighted by Gasteiger charge is 2.27. The molecule has 2 aromatic carbocycles. The van der Waals surface area contributed by atoms with Gasteiger partial charge in [0.2, 0.25) is 0 Å². The zero-order chi connectivity index (χ0) is 17.9. The molecule has 0 saturated heterocycles. The Morgan fingerprint density at radius 2 is 1.77 bits per heavy atom. The number of fused-ring (bicyclic) bond motifs is 3. The van der Waals surface area contributed by atoms with Crippen LogP contribution in [-0.4, -0.2) is 23.4 Å². The van der Waals surface area contributed by atoms with Gasteiger partial charge in [-0.15, -0.1) is 0 Å². The zero-order valence-corrected chi connectivity index (χ0v) is 15.1. The number of aromatic nitrogens is 2. The second-order valence-electron chi connectivity index (χ2n) is 6.26. The van der Waals surface area contributed by atoms with Gasteiger partial charge in [0, 0.05) is 24.1 Å². The first-order valence-corrected chi connectivity index (χ1v) is 9.08. The maximum atomic E-state index is 5.76. The molecule has 0 atom stereocenters. The molecular formula is C21H23N3O2. The number of rotatable bonds is 7. The van der Waals surface area contributed by atoms with Crippen molar-refractivity contribution in [3.05, 3.63) is 59.2 Å². The maximum Gasteiger partial charge on any atom is 0.161 e. The lowest BCUT2D eigenvalue weighted by molar-refractivity contribution is 0.287. The molecule has 3 aromatic rings. The standard InChI is InChI=1S/C21H23N3O2/c1-3-25-18-11-15-10-17-20(16(15)12-19(18)26-4-2)23-24-21(17)22-13-14-8-6-5-7-9-14/h5-9,11-12H,3-4,10,13H2,1-2H3,(H2,22,23,24). The number of hydrogen-bond donors (Lipinski definition) is 2. The summed E-state index contributed by atoms with van der Waals surface area (Å²) >= 11 is 0. The van der Waals surface area contributed by atoms with Gasteiger partial charge in [-0.3, -0.25) is 5.10 Å². The van der Waals surface area contributed by atoms with Crippen molar-refractivity contribution in [2.45, 2.75) is 26.8 Å². The molecule has 134 valence electrons. The molecule has 1 aromatic heterocycles. The van der Waals surface area contributed by atoms with Crippen molar-refractivity contribution in [1.29, 1.82) is 0 Å². The Labute approximate surface area is 153 Å². The Morgan fingerprint density at radius 1 is 1.04 bits per heavy atom. The number of ether oxygens (including phenoxy) is 2. The minimum Gasteiger partial charge on any atom is -0.490 e. The van der Waals surface area contributed by atoms with Crippen LogP contribution < -0.4 is 14.8 Å². The highest BCUT2D eigenvalue weighted by molar-refractivity contribution is 5.80. The number of hydrogen-bond acceptors (Lipinski definition) is 4. The van der Waals surface area contributed by atoms with Crippen molar-refractivity contribution in [3.8, 4) is 22.8 Å². The second-order valence-corrected chi connectivity index (χ2v) is 6.26. The van der Waals surface area contributed by atoms with Crippen LogP contribution in [0.4, 0.5) is 5.82 Å². The van der Waals surface area contributed by atoms with Gasteiger partial charge in [0.05, 0.1) is 18.9 Å². The summed E-state index contributed by atoms with van der Waals surface area (Å²) in [6.45, 7) is 5.96. The topological polar surface area (TPSA) is 59.2 Å². The first-order valence-electron chi connectivity index (χ1n) is 9.08. The van der Waals surface area contributed by atoms with Gasteiger partial charge in [-0.25, -0.2) is 0 Å². The van der Waals surface area contributed by atoms with Gasteiger partial charge < -0.3 is 14.8 Å². The van der Waals surface area contributed by atoms with E-state index < -0.39 is 0 Å². The number of nitrogens with one attached hydrogen (secondary N) is 2. The molecule has 0 spiro atoms. The smallest absolute Gasteiger partial charge is 0.161 e. The van der Waals surface area contributed by atoms with E-state index >= 15 is 0 Å². The van der Waals surface area contributed by atoms with E-state index in [9.17, 15) is 0 Å². The molecule has 1 aliphatic rings. The fourth-order valence-electron chi connectivity index (χ4n) is 3.39. The molecule has 4 rings (SSSR count). The quantitative estimate of drug-likeness (QED) is 0.519. The van der Waals surface area contributed by atoms with Crippen molar-refractivity contribution in [1.82, 2.24) is 10.2 Å². The van der Waals surface area contributed by atoms with Gasteiger partial charge in [0.1, 0.15) is 5.82 Å². The molecule has 1 heterocycles. The number of H-pyrrole nitrogens is 1. The lowest BCUT2D eigenvalue weighted by Gasteiger charge is -2.13. The third kappa shape index (κ3) is 3.01. The molecule has 0 aliphatic heterocycles. The number of anilines is 1. The normalized spacial score (nSPS) is 11.8. The predicted octanol–water partition coefficient (Wildman–Crippen LogP) is 4.39. The Bertz CT molecular complexity index is 903. The van der Waals surface area contributed by atoms with Crippen LogP contribution in [0.25, 0.3) is 11.3 Å². The van der Waals surface area contributed by atoms with E-state index in [-0.39, 0.29) is 0 Å². The van der Waals surface area contributed by atoms with Gasteiger partial charge in [-0.1, -0.05) is 30.3 Å². The zero-order valence-electron chi connectivity index (χ0n) is 15.1. The van der Waals surface area contributed by atoms with Crippen LogP contribution in [0.2, 0.25) is 0 Å². The van der Waals surface area contributed by atoms with Crippen LogP contribution in [0, 0.1) is 0 Å². The molecule has 0 amide bonds. The first-order chi connectivity index (χ1) is 12.8. The van der Waals surface area contributed by atoms with E-state index in [2.05, 4.69) is 51.9 Å². The van der Waals surface area contributed by atoms with E-state index in [0.29, 0.717) is 13.2 Å². The summed E-state index contributed by atoms with van der Waals surface area (Å²) in [6, 6.07) is 14.5. The first kappa shape index (κ1) is 16.5. The fraction of sp³-hybridized carbons (Fsp3) is 0.286. The summed E-state index contributed by atoms with van der Waals surface area (Å²) in [5, 5.41) is 11.2. The highest BCUT2D eigenvalue weighted by Crippen LogP contribution is 2.44.